The largest absolute Gasteiger partial charge is 0.481 e. The van der Waals surface area contributed by atoms with Crippen molar-refractivity contribution < 1.29 is 24.3 Å². The summed E-state index contributed by atoms with van der Waals surface area (Å²) in [5.41, 5.74) is 1.78. The number of amides is 3. The lowest BCUT2D eigenvalue weighted by molar-refractivity contribution is -0.137. The van der Waals surface area contributed by atoms with E-state index in [1.807, 2.05) is 33.8 Å². The monoisotopic (exact) mass is 711 g/mol. The molecule has 0 aromatic heterocycles. The quantitative estimate of drug-likeness (QED) is 0.0536. The lowest BCUT2D eigenvalue weighted by atomic mass is 9.99. The zero-order valence-electron chi connectivity index (χ0n) is 34.0. The molecular formula is C39H78N6O5. The molecule has 0 saturated heterocycles. The van der Waals surface area contributed by atoms with Crippen LogP contribution in [0, 0.1) is 11.8 Å². The van der Waals surface area contributed by atoms with Crippen LogP contribution in [0.1, 0.15) is 147 Å². The summed E-state index contributed by atoms with van der Waals surface area (Å²) < 4.78 is 0. The third-order valence-corrected chi connectivity index (χ3v) is 7.12. The molecule has 50 heavy (non-hydrogen) atoms. The smallest absolute Gasteiger partial charge is 0.303 e. The van der Waals surface area contributed by atoms with E-state index in [-0.39, 0.29) is 61.5 Å². The van der Waals surface area contributed by atoms with Crippen molar-refractivity contribution in [3.05, 3.63) is 23.5 Å². The van der Waals surface area contributed by atoms with Crippen LogP contribution in [0.3, 0.4) is 0 Å². The van der Waals surface area contributed by atoms with E-state index in [2.05, 4.69) is 93.4 Å². The first-order chi connectivity index (χ1) is 23.7. The van der Waals surface area contributed by atoms with Crippen molar-refractivity contribution in [3.8, 4) is 0 Å². The Morgan fingerprint density at radius 3 is 1.74 bits per heavy atom. The predicted octanol–water partition coefficient (Wildman–Crippen LogP) is 6.41. The normalized spacial score (nSPS) is 13.2. The molecule has 0 aromatic rings. The van der Waals surface area contributed by atoms with Crippen molar-refractivity contribution >= 4 is 23.7 Å². The number of carbonyl (C=O) groups is 4. The minimum atomic E-state index is -0.925. The molecule has 11 heteroatoms. The minimum absolute atomic E-state index is 0.0489. The highest BCUT2D eigenvalue weighted by molar-refractivity contribution is 5.83. The molecule has 0 aromatic carbocycles. The van der Waals surface area contributed by atoms with E-state index in [0.717, 1.165) is 43.1 Å². The van der Waals surface area contributed by atoms with Crippen molar-refractivity contribution in [1.82, 2.24) is 31.9 Å². The van der Waals surface area contributed by atoms with Gasteiger partial charge >= 0.3 is 5.97 Å². The summed E-state index contributed by atoms with van der Waals surface area (Å²) in [7, 11) is 0. The van der Waals surface area contributed by atoms with Crippen molar-refractivity contribution in [2.75, 3.05) is 26.2 Å². The number of carboxylic acid groups (broad SMARTS) is 1. The molecule has 2 unspecified atom stereocenters. The van der Waals surface area contributed by atoms with Gasteiger partial charge in [-0.3, -0.25) is 19.2 Å². The number of carbonyl (C=O) groups excluding carboxylic acids is 3. The number of hydrogen-bond acceptors (Lipinski definition) is 7. The minimum Gasteiger partial charge on any atom is -0.481 e. The van der Waals surface area contributed by atoms with Gasteiger partial charge in [0, 0.05) is 43.9 Å². The molecule has 0 fully saturated rings. The van der Waals surface area contributed by atoms with Gasteiger partial charge in [-0.15, -0.1) is 0 Å². The number of nitrogens with one attached hydrogen (secondary N) is 6. The number of carboxylic acids is 1. The van der Waals surface area contributed by atoms with Crippen LogP contribution in [0.25, 0.3) is 0 Å². The maximum Gasteiger partial charge on any atom is 0.303 e. The van der Waals surface area contributed by atoms with Gasteiger partial charge in [0.25, 0.3) is 0 Å². The van der Waals surface area contributed by atoms with Crippen LogP contribution in [0.5, 0.6) is 0 Å². The van der Waals surface area contributed by atoms with Crippen LogP contribution < -0.4 is 31.9 Å². The second-order valence-corrected chi connectivity index (χ2v) is 13.4. The van der Waals surface area contributed by atoms with Gasteiger partial charge < -0.3 is 37.0 Å². The van der Waals surface area contributed by atoms with E-state index < -0.39 is 12.0 Å². The Balaban J connectivity index is -0.00000247. The van der Waals surface area contributed by atoms with Crippen molar-refractivity contribution in [2.45, 2.75) is 165 Å². The molecule has 294 valence electrons. The summed E-state index contributed by atoms with van der Waals surface area (Å²) in [6.45, 7) is 26.9. The summed E-state index contributed by atoms with van der Waals surface area (Å²) in [5, 5.41) is 27.6. The van der Waals surface area contributed by atoms with E-state index in [0.29, 0.717) is 25.9 Å². The van der Waals surface area contributed by atoms with Crippen LogP contribution in [-0.4, -0.2) is 73.1 Å². The third kappa shape index (κ3) is 29.8. The summed E-state index contributed by atoms with van der Waals surface area (Å²) in [5.74, 6) is -0.303. The Morgan fingerprint density at radius 1 is 0.680 bits per heavy atom. The van der Waals surface area contributed by atoms with E-state index in [9.17, 15) is 19.2 Å². The molecule has 0 spiro atoms. The molecule has 0 bridgehead atoms. The first-order valence-electron chi connectivity index (χ1n) is 19.4. The second kappa shape index (κ2) is 34.4. The molecule has 0 aliphatic carbocycles. The van der Waals surface area contributed by atoms with Crippen LogP contribution in [0.15, 0.2) is 23.5 Å². The zero-order valence-corrected chi connectivity index (χ0v) is 34.0. The summed E-state index contributed by atoms with van der Waals surface area (Å²) in [4.78, 5) is 48.9. The van der Waals surface area contributed by atoms with Crippen LogP contribution in [0.4, 0.5) is 0 Å². The number of allylic oxidation sites excluding steroid dienone is 2. The topological polar surface area (TPSA) is 161 Å². The highest BCUT2D eigenvalue weighted by atomic mass is 16.4. The lowest BCUT2D eigenvalue weighted by Gasteiger charge is -2.28. The molecule has 0 saturated carbocycles. The van der Waals surface area contributed by atoms with Crippen LogP contribution in [-0.2, 0) is 19.2 Å². The van der Waals surface area contributed by atoms with Gasteiger partial charge in [-0.1, -0.05) is 108 Å². The molecule has 11 nitrogen and oxygen atoms in total. The van der Waals surface area contributed by atoms with E-state index in [1.54, 1.807) is 0 Å². The van der Waals surface area contributed by atoms with Gasteiger partial charge in [-0.05, 0) is 50.9 Å². The SMILES string of the molecule is CC(C)C.CC/C=C(\CNC(=O)CCCC(=O)O)NC(CCC)C(=O)NCCNC(CC)C(=O)N[C@H](/C(=C\CC)NCC)C(C)C.CCCC. The zero-order chi connectivity index (χ0) is 38.9. The maximum absolute atomic E-state index is 13.1. The summed E-state index contributed by atoms with van der Waals surface area (Å²) >= 11 is 0. The molecular weight excluding hydrogens is 632 g/mol. The van der Waals surface area contributed by atoms with Crippen LogP contribution >= 0.6 is 0 Å². The molecule has 0 aliphatic heterocycles. The van der Waals surface area contributed by atoms with Gasteiger partial charge in [0.15, 0.2) is 0 Å². The average molecular weight is 711 g/mol. The number of aliphatic carboxylic acids is 1. The Bertz CT molecular complexity index is 947. The molecule has 7 N–H and O–H groups in total. The second-order valence-electron chi connectivity index (χ2n) is 13.4. The maximum atomic E-state index is 13.1. The molecule has 0 heterocycles. The van der Waals surface area contributed by atoms with Gasteiger partial charge in [0.1, 0.15) is 6.04 Å². The van der Waals surface area contributed by atoms with E-state index in [4.69, 9.17) is 5.11 Å². The average Bonchev–Trinajstić information content (AvgIpc) is 3.05. The highest BCUT2D eigenvalue weighted by Gasteiger charge is 2.24. The molecule has 0 radical (unpaired) electrons. The Kier molecular flexibility index (Phi) is 35.3. The third-order valence-electron chi connectivity index (χ3n) is 7.12. The van der Waals surface area contributed by atoms with E-state index in [1.165, 1.54) is 12.8 Å². The first-order valence-corrected chi connectivity index (χ1v) is 19.4. The Morgan fingerprint density at radius 2 is 1.28 bits per heavy atom. The molecule has 0 aliphatic rings. The molecule has 0 rings (SSSR count). The van der Waals surface area contributed by atoms with Crippen molar-refractivity contribution in [3.63, 3.8) is 0 Å². The van der Waals surface area contributed by atoms with Crippen LogP contribution in [0.2, 0.25) is 0 Å². The summed E-state index contributed by atoms with van der Waals surface area (Å²) in [6.07, 6.45) is 10.7. The van der Waals surface area contributed by atoms with Gasteiger partial charge in [-0.25, -0.2) is 0 Å². The van der Waals surface area contributed by atoms with Gasteiger partial charge in [-0.2, -0.15) is 0 Å². The van der Waals surface area contributed by atoms with E-state index >= 15 is 0 Å². The Labute approximate surface area is 306 Å². The predicted molar refractivity (Wildman–Crippen MR) is 210 cm³/mol. The van der Waals surface area contributed by atoms with Crippen molar-refractivity contribution in [1.29, 1.82) is 0 Å². The molecule has 3 amide bonds. The number of likely N-dealkylation sites (N-methyl/N-ethyl adjacent to an activating group) is 1. The lowest BCUT2D eigenvalue weighted by Crippen LogP contribution is -2.52. The number of unbranched alkanes of at least 4 members (excludes halogenated alkanes) is 1. The fourth-order valence-electron chi connectivity index (χ4n) is 4.46. The number of hydrogen-bond donors (Lipinski definition) is 7. The van der Waals surface area contributed by atoms with Crippen molar-refractivity contribution in [2.24, 2.45) is 11.8 Å². The number of rotatable bonds is 25. The molecule has 3 atom stereocenters. The fourth-order valence-corrected chi connectivity index (χ4v) is 4.46. The highest BCUT2D eigenvalue weighted by Crippen LogP contribution is 2.12. The first kappa shape index (κ1) is 51.3. The Hall–Kier alpha value is -3.08. The summed E-state index contributed by atoms with van der Waals surface area (Å²) in [6, 6.07) is -0.951. The standard InChI is InChI=1S/C31H58N6O5.2C4H10/c1-8-14-23(21-35-27(38)17-13-18-28(39)40)36-26(16-10-3)30(41)34-20-19-33-24(11-4)31(42)37-29(22(6)7)25(15-9-2)32-12-5;1-4(2)3;1-3-4-2/h14-15,22,24,26,29,32-33,36H,8-13,16-21H2,1-7H3,(H,34,41)(H,35,38)(H,37,42)(H,39,40);4H,1-3H3;3-4H2,1-2H3/b23-14+,25-15+;;/t24?,26?,29-;;/m0../s1. The van der Waals surface area contributed by atoms with Gasteiger partial charge in [0.2, 0.25) is 17.7 Å². The fraction of sp³-hybridized carbons (Fsp3) is 0.795. The van der Waals surface area contributed by atoms with Gasteiger partial charge in [0.05, 0.1) is 18.6 Å².